The minimum absolute atomic E-state index is 0.0269. The van der Waals surface area contributed by atoms with Crippen molar-refractivity contribution >= 4 is 56.5 Å². The van der Waals surface area contributed by atoms with E-state index in [0.29, 0.717) is 15.9 Å². The Balaban J connectivity index is 1.63. The molecule has 8 heteroatoms. The molecule has 0 unspecified atom stereocenters. The Morgan fingerprint density at radius 2 is 1.97 bits per heavy atom. The SMILES string of the molecule is Cc1cc(C)c(NC(=O)CSc2nc3sc(C)c(C)c3c(=O)n2C2CCCC2)c(Cl)c1. The van der Waals surface area contributed by atoms with Crippen LogP contribution in [0.1, 0.15) is 53.3 Å². The second-order valence-corrected chi connectivity index (χ2v) is 10.8. The average Bonchev–Trinajstić information content (AvgIpc) is 3.31. The molecule has 1 aliphatic carbocycles. The van der Waals surface area contributed by atoms with Gasteiger partial charge in [-0.1, -0.05) is 42.3 Å². The van der Waals surface area contributed by atoms with E-state index in [0.717, 1.165) is 57.5 Å². The summed E-state index contributed by atoms with van der Waals surface area (Å²) in [4.78, 5) is 32.8. The van der Waals surface area contributed by atoms with Gasteiger partial charge in [0, 0.05) is 10.9 Å². The van der Waals surface area contributed by atoms with Crippen LogP contribution < -0.4 is 10.9 Å². The maximum atomic E-state index is 13.4. The fourth-order valence-electron chi connectivity index (χ4n) is 4.25. The molecule has 1 saturated carbocycles. The zero-order chi connectivity index (χ0) is 22.3. The lowest BCUT2D eigenvalue weighted by Gasteiger charge is -2.18. The smallest absolute Gasteiger partial charge is 0.263 e. The normalized spacial score (nSPS) is 14.5. The lowest BCUT2D eigenvalue weighted by molar-refractivity contribution is -0.113. The van der Waals surface area contributed by atoms with Crippen LogP contribution in [0.15, 0.2) is 22.1 Å². The van der Waals surface area contributed by atoms with Gasteiger partial charge in [0.25, 0.3) is 5.56 Å². The third-order valence-electron chi connectivity index (χ3n) is 5.92. The molecule has 0 radical (unpaired) electrons. The molecule has 0 bridgehead atoms. The molecule has 1 fully saturated rings. The van der Waals surface area contributed by atoms with Crippen LogP contribution in [0.25, 0.3) is 10.2 Å². The molecular formula is C23H26ClN3O2S2. The number of halogens is 1. The van der Waals surface area contributed by atoms with Gasteiger partial charge in [0.1, 0.15) is 4.83 Å². The highest BCUT2D eigenvalue weighted by Gasteiger charge is 2.25. The van der Waals surface area contributed by atoms with Gasteiger partial charge < -0.3 is 5.32 Å². The van der Waals surface area contributed by atoms with Gasteiger partial charge in [-0.3, -0.25) is 14.2 Å². The van der Waals surface area contributed by atoms with Crippen LogP contribution in [0.4, 0.5) is 5.69 Å². The third-order valence-corrected chi connectivity index (χ3v) is 8.27. The van der Waals surface area contributed by atoms with Crippen molar-refractivity contribution in [1.82, 2.24) is 9.55 Å². The van der Waals surface area contributed by atoms with Crippen LogP contribution in [0, 0.1) is 27.7 Å². The second kappa shape index (κ2) is 8.96. The average molecular weight is 476 g/mol. The Kier molecular flexibility index (Phi) is 6.47. The Labute approximate surface area is 195 Å². The Bertz CT molecular complexity index is 1200. The first kappa shape index (κ1) is 22.4. The molecule has 1 amide bonds. The first-order valence-electron chi connectivity index (χ1n) is 10.5. The summed E-state index contributed by atoms with van der Waals surface area (Å²) in [6.07, 6.45) is 4.19. The number of fused-ring (bicyclic) bond motifs is 1. The molecule has 5 nitrogen and oxygen atoms in total. The molecule has 31 heavy (non-hydrogen) atoms. The highest BCUT2D eigenvalue weighted by atomic mass is 35.5. The third kappa shape index (κ3) is 4.41. The number of carbonyl (C=O) groups excluding carboxylic acids is 1. The molecule has 1 aromatic carbocycles. The fraction of sp³-hybridized carbons (Fsp3) is 0.435. The standard InChI is InChI=1S/C23H26ClN3O2S2/c1-12-9-13(2)20(17(24)10-12)25-18(28)11-30-23-26-21-19(14(3)15(4)31-21)22(29)27(23)16-7-5-6-8-16/h9-10,16H,5-8,11H2,1-4H3,(H,25,28). The lowest BCUT2D eigenvalue weighted by Crippen LogP contribution is -2.27. The van der Waals surface area contributed by atoms with Crippen molar-refractivity contribution in [3.8, 4) is 0 Å². The van der Waals surface area contributed by atoms with E-state index in [2.05, 4.69) is 5.32 Å². The summed E-state index contributed by atoms with van der Waals surface area (Å²) in [5, 5.41) is 4.82. The predicted molar refractivity (Wildman–Crippen MR) is 131 cm³/mol. The molecule has 0 aliphatic heterocycles. The number of aromatic nitrogens is 2. The van der Waals surface area contributed by atoms with Crippen molar-refractivity contribution in [2.24, 2.45) is 0 Å². The largest absolute Gasteiger partial charge is 0.324 e. The number of aryl methyl sites for hydroxylation is 4. The molecule has 1 N–H and O–H groups in total. The van der Waals surface area contributed by atoms with Gasteiger partial charge in [0.05, 0.1) is 21.8 Å². The zero-order valence-corrected chi connectivity index (χ0v) is 20.6. The van der Waals surface area contributed by atoms with Gasteiger partial charge in [0.2, 0.25) is 5.91 Å². The number of rotatable bonds is 5. The summed E-state index contributed by atoms with van der Waals surface area (Å²) in [7, 11) is 0. The van der Waals surface area contributed by atoms with E-state index < -0.39 is 0 Å². The van der Waals surface area contributed by atoms with Gasteiger partial charge in [-0.15, -0.1) is 11.3 Å². The number of amides is 1. The molecular weight excluding hydrogens is 450 g/mol. The van der Waals surface area contributed by atoms with Crippen molar-refractivity contribution < 1.29 is 4.79 Å². The van der Waals surface area contributed by atoms with Crippen molar-refractivity contribution in [3.63, 3.8) is 0 Å². The van der Waals surface area contributed by atoms with Crippen molar-refractivity contribution in [2.45, 2.75) is 64.6 Å². The topological polar surface area (TPSA) is 64.0 Å². The van der Waals surface area contributed by atoms with Crippen molar-refractivity contribution in [2.75, 3.05) is 11.1 Å². The van der Waals surface area contributed by atoms with Crippen LogP contribution in [-0.4, -0.2) is 21.2 Å². The Hall–Kier alpha value is -1.83. The van der Waals surface area contributed by atoms with E-state index >= 15 is 0 Å². The number of hydrogen-bond acceptors (Lipinski definition) is 5. The summed E-state index contributed by atoms with van der Waals surface area (Å²) in [5.74, 6) is 0.00203. The summed E-state index contributed by atoms with van der Waals surface area (Å²) in [5.41, 5.74) is 3.66. The van der Waals surface area contributed by atoms with E-state index in [1.807, 2.05) is 44.4 Å². The molecule has 2 aromatic heterocycles. The van der Waals surface area contributed by atoms with Gasteiger partial charge in [-0.2, -0.15) is 0 Å². The Morgan fingerprint density at radius 3 is 2.65 bits per heavy atom. The molecule has 164 valence electrons. The first-order chi connectivity index (χ1) is 14.8. The number of benzene rings is 1. The minimum Gasteiger partial charge on any atom is -0.324 e. The van der Waals surface area contributed by atoms with Gasteiger partial charge in [0.15, 0.2) is 5.16 Å². The van der Waals surface area contributed by atoms with Gasteiger partial charge in [-0.25, -0.2) is 4.98 Å². The van der Waals surface area contributed by atoms with E-state index in [1.54, 1.807) is 11.3 Å². The molecule has 1 aliphatic rings. The van der Waals surface area contributed by atoms with Crippen molar-refractivity contribution in [3.05, 3.63) is 49.1 Å². The first-order valence-corrected chi connectivity index (χ1v) is 12.7. The van der Waals surface area contributed by atoms with Crippen LogP contribution in [-0.2, 0) is 4.79 Å². The maximum absolute atomic E-state index is 13.4. The highest BCUT2D eigenvalue weighted by molar-refractivity contribution is 7.99. The maximum Gasteiger partial charge on any atom is 0.263 e. The van der Waals surface area contributed by atoms with E-state index in [4.69, 9.17) is 16.6 Å². The van der Waals surface area contributed by atoms with Crippen LogP contribution in [0.3, 0.4) is 0 Å². The van der Waals surface area contributed by atoms with Crippen LogP contribution in [0.2, 0.25) is 5.02 Å². The summed E-state index contributed by atoms with van der Waals surface area (Å²) in [6, 6.07) is 3.98. The monoisotopic (exact) mass is 475 g/mol. The summed E-state index contributed by atoms with van der Waals surface area (Å²) >= 11 is 9.20. The molecule has 3 aromatic rings. The van der Waals surface area contributed by atoms with Gasteiger partial charge >= 0.3 is 0 Å². The second-order valence-electron chi connectivity index (χ2n) is 8.25. The van der Waals surface area contributed by atoms with Gasteiger partial charge in [-0.05, 0) is 63.3 Å². The minimum atomic E-state index is -0.162. The number of anilines is 1. The fourth-order valence-corrected chi connectivity index (χ4v) is 6.56. The molecule has 0 spiro atoms. The summed E-state index contributed by atoms with van der Waals surface area (Å²) in [6.45, 7) is 7.91. The summed E-state index contributed by atoms with van der Waals surface area (Å²) < 4.78 is 1.84. The molecule has 2 heterocycles. The number of nitrogens with zero attached hydrogens (tertiary/aromatic N) is 2. The molecule has 4 rings (SSSR count). The number of nitrogens with one attached hydrogen (secondary N) is 1. The number of thiophene rings is 1. The van der Waals surface area contributed by atoms with Crippen LogP contribution >= 0.6 is 34.7 Å². The predicted octanol–water partition coefficient (Wildman–Crippen LogP) is 6.19. The van der Waals surface area contributed by atoms with Crippen molar-refractivity contribution in [1.29, 1.82) is 0 Å². The molecule has 0 atom stereocenters. The van der Waals surface area contributed by atoms with Crippen LogP contribution in [0.5, 0.6) is 0 Å². The number of carbonyl (C=O) groups is 1. The lowest BCUT2D eigenvalue weighted by atomic mass is 10.1. The number of hydrogen-bond donors (Lipinski definition) is 1. The molecule has 0 saturated heterocycles. The van der Waals surface area contributed by atoms with E-state index in [-0.39, 0.29) is 23.3 Å². The Morgan fingerprint density at radius 1 is 1.26 bits per heavy atom. The van der Waals surface area contributed by atoms with E-state index in [9.17, 15) is 9.59 Å². The zero-order valence-electron chi connectivity index (χ0n) is 18.2. The van der Waals surface area contributed by atoms with E-state index in [1.165, 1.54) is 11.8 Å². The quantitative estimate of drug-likeness (QED) is 0.353. The number of thioether (sulfide) groups is 1. The highest BCUT2D eigenvalue weighted by Crippen LogP contribution is 2.35.